The van der Waals surface area contributed by atoms with Crippen LogP contribution in [0.25, 0.3) is 22.2 Å². The van der Waals surface area contributed by atoms with Crippen LogP contribution in [-0.4, -0.2) is 4.98 Å². The van der Waals surface area contributed by atoms with Gasteiger partial charge in [0, 0.05) is 11.8 Å². The van der Waals surface area contributed by atoms with E-state index in [0.717, 1.165) is 11.6 Å². The van der Waals surface area contributed by atoms with Crippen molar-refractivity contribution in [2.45, 2.75) is 6.92 Å². The van der Waals surface area contributed by atoms with Crippen LogP contribution in [-0.2, 0) is 0 Å². The van der Waals surface area contributed by atoms with Gasteiger partial charge in [-0.25, -0.2) is 8.78 Å². The second-order valence-corrected chi connectivity index (χ2v) is 4.65. The Morgan fingerprint density at radius 2 is 1.75 bits per heavy atom. The lowest BCUT2D eigenvalue weighted by atomic mass is 10.1. The van der Waals surface area contributed by atoms with Crippen LogP contribution in [0.15, 0.2) is 47.3 Å². The van der Waals surface area contributed by atoms with Gasteiger partial charge in [-0.05, 0) is 24.1 Å². The molecule has 0 unspecified atom stereocenters. The van der Waals surface area contributed by atoms with E-state index >= 15 is 0 Å². The number of aromatic nitrogens is 1. The van der Waals surface area contributed by atoms with Gasteiger partial charge in [0.15, 0.2) is 5.43 Å². The number of nitrogens with one attached hydrogen (secondary N) is 1. The third-order valence-corrected chi connectivity index (χ3v) is 3.26. The first kappa shape index (κ1) is 12.5. The summed E-state index contributed by atoms with van der Waals surface area (Å²) in [6.07, 6.45) is 0. The van der Waals surface area contributed by atoms with Crippen LogP contribution < -0.4 is 5.43 Å². The lowest BCUT2D eigenvalue weighted by molar-refractivity contribution is 0.607. The highest BCUT2D eigenvalue weighted by Gasteiger charge is 2.14. The summed E-state index contributed by atoms with van der Waals surface area (Å²) in [6, 6.07) is 11.4. The molecule has 3 aromatic rings. The number of aromatic amines is 1. The number of rotatable bonds is 1. The van der Waals surface area contributed by atoms with Gasteiger partial charge in [0.2, 0.25) is 0 Å². The van der Waals surface area contributed by atoms with Gasteiger partial charge < -0.3 is 4.98 Å². The van der Waals surface area contributed by atoms with Crippen molar-refractivity contribution in [3.63, 3.8) is 0 Å². The Balaban J connectivity index is 2.39. The van der Waals surface area contributed by atoms with E-state index in [9.17, 15) is 13.6 Å². The lowest BCUT2D eigenvalue weighted by Crippen LogP contribution is -2.07. The normalized spacial score (nSPS) is 10.9. The van der Waals surface area contributed by atoms with Crippen molar-refractivity contribution in [3.8, 4) is 11.3 Å². The molecule has 2 aromatic carbocycles. The fourth-order valence-corrected chi connectivity index (χ4v) is 2.25. The minimum absolute atomic E-state index is 0.0977. The molecule has 3 rings (SSSR count). The van der Waals surface area contributed by atoms with Gasteiger partial charge in [0.1, 0.15) is 11.6 Å². The SMILES string of the molecule is Cc1cc(F)c2[nH]c(-c3ccccc3)cc(=O)c2c1F. The van der Waals surface area contributed by atoms with Crippen LogP contribution in [0.3, 0.4) is 0 Å². The van der Waals surface area contributed by atoms with E-state index in [4.69, 9.17) is 0 Å². The molecule has 0 saturated carbocycles. The third kappa shape index (κ3) is 1.90. The average Bonchev–Trinajstić information content (AvgIpc) is 2.45. The van der Waals surface area contributed by atoms with Gasteiger partial charge in [-0.2, -0.15) is 0 Å². The van der Waals surface area contributed by atoms with Crippen LogP contribution in [0.1, 0.15) is 5.56 Å². The van der Waals surface area contributed by atoms with Crippen LogP contribution >= 0.6 is 0 Å². The van der Waals surface area contributed by atoms with Crippen molar-refractivity contribution in [2.75, 3.05) is 0 Å². The van der Waals surface area contributed by atoms with Crippen LogP contribution in [0, 0.1) is 18.6 Å². The monoisotopic (exact) mass is 271 g/mol. The van der Waals surface area contributed by atoms with Crippen molar-refractivity contribution in [1.29, 1.82) is 0 Å². The summed E-state index contributed by atoms with van der Waals surface area (Å²) in [4.78, 5) is 14.9. The van der Waals surface area contributed by atoms with E-state index < -0.39 is 17.1 Å². The largest absolute Gasteiger partial charge is 0.352 e. The van der Waals surface area contributed by atoms with Gasteiger partial charge in [0.25, 0.3) is 0 Å². The lowest BCUT2D eigenvalue weighted by Gasteiger charge is -2.07. The first-order chi connectivity index (χ1) is 9.58. The minimum Gasteiger partial charge on any atom is -0.352 e. The molecule has 0 saturated heterocycles. The van der Waals surface area contributed by atoms with E-state index in [1.54, 1.807) is 12.1 Å². The van der Waals surface area contributed by atoms with Crippen molar-refractivity contribution in [1.82, 2.24) is 4.98 Å². The van der Waals surface area contributed by atoms with Crippen LogP contribution in [0.5, 0.6) is 0 Å². The molecule has 0 fully saturated rings. The Hall–Kier alpha value is -2.49. The Labute approximate surface area is 113 Å². The first-order valence-electron chi connectivity index (χ1n) is 6.15. The van der Waals surface area contributed by atoms with E-state index in [1.165, 1.54) is 13.0 Å². The molecule has 1 heterocycles. The Kier molecular flexibility index (Phi) is 2.86. The number of hydrogen-bond acceptors (Lipinski definition) is 1. The summed E-state index contributed by atoms with van der Waals surface area (Å²) < 4.78 is 28.0. The van der Waals surface area contributed by atoms with E-state index in [2.05, 4.69) is 4.98 Å². The topological polar surface area (TPSA) is 32.9 Å². The molecule has 0 spiro atoms. The van der Waals surface area contributed by atoms with E-state index in [1.807, 2.05) is 18.2 Å². The van der Waals surface area contributed by atoms with Crippen molar-refractivity contribution < 1.29 is 8.78 Å². The summed E-state index contributed by atoms with van der Waals surface area (Å²) >= 11 is 0. The molecule has 1 aromatic heterocycles. The number of aryl methyl sites for hydroxylation is 1. The molecule has 100 valence electrons. The molecule has 0 atom stereocenters. The van der Waals surface area contributed by atoms with Gasteiger partial charge in [-0.3, -0.25) is 4.79 Å². The standard InChI is InChI=1S/C16H11F2NO/c1-9-7-11(17)16-14(15(9)18)13(20)8-12(19-16)10-5-3-2-4-6-10/h2-8H,1H3,(H,19,20). The Morgan fingerprint density at radius 1 is 1.05 bits per heavy atom. The minimum atomic E-state index is -0.678. The number of halogens is 2. The summed E-state index contributed by atoms with van der Waals surface area (Å²) in [5.74, 6) is -1.31. The molecule has 2 nitrogen and oxygen atoms in total. The summed E-state index contributed by atoms with van der Waals surface area (Å²) in [5, 5.41) is -0.234. The second-order valence-electron chi connectivity index (χ2n) is 4.65. The number of hydrogen-bond donors (Lipinski definition) is 1. The van der Waals surface area contributed by atoms with Crippen LogP contribution in [0.4, 0.5) is 8.78 Å². The molecule has 4 heteroatoms. The smallest absolute Gasteiger partial charge is 0.193 e. The van der Waals surface area contributed by atoms with Gasteiger partial charge in [-0.15, -0.1) is 0 Å². The molecular formula is C16H11F2NO. The first-order valence-corrected chi connectivity index (χ1v) is 6.15. The maximum absolute atomic E-state index is 14.0. The fourth-order valence-electron chi connectivity index (χ4n) is 2.25. The number of pyridine rings is 1. The molecule has 20 heavy (non-hydrogen) atoms. The summed E-state index contributed by atoms with van der Waals surface area (Å²) in [7, 11) is 0. The van der Waals surface area contributed by atoms with Gasteiger partial charge in [0.05, 0.1) is 10.9 Å². The average molecular weight is 271 g/mol. The molecule has 0 aliphatic rings. The highest BCUT2D eigenvalue weighted by molar-refractivity contribution is 5.83. The molecule has 1 N–H and O–H groups in total. The van der Waals surface area contributed by atoms with Gasteiger partial charge >= 0.3 is 0 Å². The molecule has 0 amide bonds. The van der Waals surface area contributed by atoms with Crippen molar-refractivity contribution in [3.05, 3.63) is 69.9 Å². The molecule has 0 radical (unpaired) electrons. The zero-order valence-corrected chi connectivity index (χ0v) is 10.7. The number of fused-ring (bicyclic) bond motifs is 1. The molecule has 0 aliphatic carbocycles. The van der Waals surface area contributed by atoms with Crippen molar-refractivity contribution in [2.24, 2.45) is 0 Å². The molecular weight excluding hydrogens is 260 g/mol. The summed E-state index contributed by atoms with van der Waals surface area (Å²) in [6.45, 7) is 1.43. The van der Waals surface area contributed by atoms with E-state index in [-0.39, 0.29) is 16.5 Å². The van der Waals surface area contributed by atoms with Crippen molar-refractivity contribution >= 4 is 10.9 Å². The third-order valence-electron chi connectivity index (χ3n) is 3.26. The zero-order valence-electron chi connectivity index (χ0n) is 10.7. The zero-order chi connectivity index (χ0) is 14.3. The maximum atomic E-state index is 14.0. The number of H-pyrrole nitrogens is 1. The Bertz CT molecular complexity index is 854. The maximum Gasteiger partial charge on any atom is 0.193 e. The fraction of sp³-hybridized carbons (Fsp3) is 0.0625. The highest BCUT2D eigenvalue weighted by Crippen LogP contribution is 2.23. The van der Waals surface area contributed by atoms with Crippen LogP contribution in [0.2, 0.25) is 0 Å². The molecule has 0 aliphatic heterocycles. The molecule has 0 bridgehead atoms. The predicted octanol–water partition coefficient (Wildman–Crippen LogP) is 3.78. The Morgan fingerprint density at radius 3 is 2.45 bits per heavy atom. The summed E-state index contributed by atoms with van der Waals surface area (Å²) in [5.41, 5.74) is 0.697. The number of benzene rings is 2. The highest BCUT2D eigenvalue weighted by atomic mass is 19.1. The second kappa shape index (κ2) is 4.56. The predicted molar refractivity (Wildman–Crippen MR) is 74.7 cm³/mol. The van der Waals surface area contributed by atoms with E-state index in [0.29, 0.717) is 5.69 Å². The van der Waals surface area contributed by atoms with Gasteiger partial charge in [-0.1, -0.05) is 30.3 Å². The quantitative estimate of drug-likeness (QED) is 0.717.